The number of carbonyl (C=O) groups excluding carboxylic acids is 1. The highest BCUT2D eigenvalue weighted by atomic mass is 127. The molecule has 3 heterocycles. The smallest absolute Gasteiger partial charge is 0.192 e. The van der Waals surface area contributed by atoms with Gasteiger partial charge in [-0.1, -0.05) is 104 Å². The normalized spacial score (nSPS) is 34.4. The Hall–Kier alpha value is 0.334. The van der Waals surface area contributed by atoms with Crippen molar-refractivity contribution in [3.05, 3.63) is 10.2 Å². The molecule has 0 bridgehead atoms. The number of ketones is 1. The number of fused-ring (bicyclic) bond motifs is 1. The zero-order valence-corrected chi connectivity index (χ0v) is 39.5. The maximum absolute atomic E-state index is 14.0. The molecule has 2 unspecified atom stereocenters. The van der Waals surface area contributed by atoms with E-state index >= 15 is 0 Å². The van der Waals surface area contributed by atoms with Crippen LogP contribution in [-0.4, -0.2) is 84.5 Å². The molecule has 0 saturated carbocycles. The van der Waals surface area contributed by atoms with Crippen molar-refractivity contribution in [2.45, 2.75) is 212 Å². The lowest BCUT2D eigenvalue weighted by Crippen LogP contribution is -2.67. The molecular formula is C41H77IO7Si2. The molecule has 3 saturated heterocycles. The van der Waals surface area contributed by atoms with Crippen molar-refractivity contribution in [3.63, 3.8) is 0 Å². The van der Waals surface area contributed by atoms with E-state index in [-0.39, 0.29) is 82.6 Å². The average molecular weight is 865 g/mol. The van der Waals surface area contributed by atoms with E-state index < -0.39 is 16.6 Å². The van der Waals surface area contributed by atoms with Crippen LogP contribution in [-0.2, 0) is 32.6 Å². The molecule has 0 radical (unpaired) electrons. The zero-order chi connectivity index (χ0) is 38.7. The second-order valence-electron chi connectivity index (χ2n) is 19.5. The summed E-state index contributed by atoms with van der Waals surface area (Å²) in [6.45, 7) is 34.2. The summed E-state index contributed by atoms with van der Waals surface area (Å²) in [4.78, 5) is 14.0. The van der Waals surface area contributed by atoms with Crippen LogP contribution in [0, 0.1) is 23.7 Å². The lowest BCUT2D eigenvalue weighted by Gasteiger charge is -2.55. The van der Waals surface area contributed by atoms with Crippen LogP contribution in [0.3, 0.4) is 0 Å². The van der Waals surface area contributed by atoms with Crippen molar-refractivity contribution < 1.29 is 32.6 Å². The SMILES string of the molecule is CC[C@@H](C)C[C@H]1O[C@@H](CC(C)OC)C(CC(=O)C[C@H]2CC[C@@H]3O[C@@H]([C@@H](C)/C=C/I)[C@@H](O[Si](C)(C)C(C)(C)C)[C@@H](O[Si](C)(C)C(C)(C)C)[C@H]3O2)[C@H]1C. The van der Waals surface area contributed by atoms with Crippen LogP contribution in [0.5, 0.6) is 0 Å². The van der Waals surface area contributed by atoms with Gasteiger partial charge < -0.3 is 27.8 Å². The number of methoxy groups -OCH3 is 1. The summed E-state index contributed by atoms with van der Waals surface area (Å²) in [7, 11) is -2.73. The van der Waals surface area contributed by atoms with Crippen LogP contribution in [0.25, 0.3) is 0 Å². The molecule has 3 aliphatic heterocycles. The summed E-state index contributed by atoms with van der Waals surface area (Å²) in [5.41, 5.74) is 0. The fourth-order valence-corrected chi connectivity index (χ4v) is 10.8. The number of ether oxygens (including phenoxy) is 4. The lowest BCUT2D eigenvalue weighted by atomic mass is 9.80. The zero-order valence-electron chi connectivity index (χ0n) is 35.3. The highest BCUT2D eigenvalue weighted by molar-refractivity contribution is 14.1. The molecule has 10 heteroatoms. The summed E-state index contributed by atoms with van der Waals surface area (Å²) in [5, 5.41) is 0.0352. The topological polar surface area (TPSA) is 72.5 Å². The van der Waals surface area contributed by atoms with Crippen molar-refractivity contribution in [1.29, 1.82) is 0 Å². The first-order valence-electron chi connectivity index (χ1n) is 20.1. The Bertz CT molecular complexity index is 1130. The second-order valence-corrected chi connectivity index (χ2v) is 29.7. The quantitative estimate of drug-likeness (QED) is 0.113. The summed E-state index contributed by atoms with van der Waals surface area (Å²) < 4.78 is 43.3. The Labute approximate surface area is 329 Å². The molecule has 51 heavy (non-hydrogen) atoms. The molecule has 0 N–H and O–H groups in total. The number of rotatable bonds is 16. The Kier molecular flexibility index (Phi) is 16.6. The minimum Gasteiger partial charge on any atom is -0.409 e. The third-order valence-corrected chi connectivity index (χ3v) is 22.8. The van der Waals surface area contributed by atoms with Gasteiger partial charge in [0.1, 0.15) is 18.0 Å². The van der Waals surface area contributed by atoms with Crippen LogP contribution in [0.2, 0.25) is 36.3 Å². The molecule has 0 aliphatic carbocycles. The standard InChI is InChI=1S/C41H77IO7Si2/c1-17-26(2)22-34-29(5)32(35(46-34)23-28(4)44-12)25-30(43)24-31-18-19-33-37(45-31)39(49-51(15,16)41(9,10)11)38(36(47-33)27(3)20-21-42)48-50(13,14)40(6,7)8/h20-21,26-29,31-39H,17-19,22-25H2,1-16H3/b21-20+/t26-,27+,28?,29-,31-,32?,33+,34-,35+,36+,37+,38-,39+/m1/s1. The minimum atomic E-state index is -2.26. The summed E-state index contributed by atoms with van der Waals surface area (Å²) >= 11 is 2.31. The van der Waals surface area contributed by atoms with E-state index in [4.69, 9.17) is 27.8 Å². The van der Waals surface area contributed by atoms with Crippen molar-refractivity contribution >= 4 is 45.0 Å². The molecule has 13 atom stereocenters. The highest BCUT2D eigenvalue weighted by Crippen LogP contribution is 2.47. The molecule has 0 aromatic rings. The number of carbonyl (C=O) groups is 1. The molecule has 0 spiro atoms. The second kappa shape index (κ2) is 18.5. The fourth-order valence-electron chi connectivity index (χ4n) is 7.55. The summed E-state index contributed by atoms with van der Waals surface area (Å²) in [6.07, 6.45) is 6.80. The minimum absolute atomic E-state index is 0.0132. The Morgan fingerprint density at radius 2 is 1.45 bits per heavy atom. The van der Waals surface area contributed by atoms with Gasteiger partial charge in [0.15, 0.2) is 16.6 Å². The largest absolute Gasteiger partial charge is 0.409 e. The molecule has 0 aromatic carbocycles. The van der Waals surface area contributed by atoms with Gasteiger partial charge in [-0.15, -0.1) is 0 Å². The van der Waals surface area contributed by atoms with E-state index in [1.807, 2.05) is 0 Å². The molecule has 3 fully saturated rings. The maximum atomic E-state index is 14.0. The summed E-state index contributed by atoms with van der Waals surface area (Å²) in [6, 6.07) is 0. The van der Waals surface area contributed by atoms with Gasteiger partial charge in [0.25, 0.3) is 0 Å². The number of Topliss-reactive ketones (excluding diaryl/α,β-unsaturated/α-hetero) is 1. The average Bonchev–Trinajstić information content (AvgIpc) is 3.29. The molecule has 7 nitrogen and oxygen atoms in total. The fraction of sp³-hybridized carbons (Fsp3) is 0.927. The van der Waals surface area contributed by atoms with Gasteiger partial charge in [0.05, 0.1) is 42.7 Å². The first kappa shape index (κ1) is 45.7. The highest BCUT2D eigenvalue weighted by Gasteiger charge is 2.56. The van der Waals surface area contributed by atoms with E-state index in [1.165, 1.54) is 0 Å². The van der Waals surface area contributed by atoms with Crippen LogP contribution in [0.4, 0.5) is 0 Å². The lowest BCUT2D eigenvalue weighted by molar-refractivity contribution is -0.262. The van der Waals surface area contributed by atoms with Crippen LogP contribution < -0.4 is 0 Å². The van der Waals surface area contributed by atoms with Crippen LogP contribution in [0.1, 0.15) is 121 Å². The number of hydrogen-bond donors (Lipinski definition) is 0. The monoisotopic (exact) mass is 864 g/mol. The molecule has 0 aromatic heterocycles. The van der Waals surface area contributed by atoms with E-state index in [2.05, 4.69) is 135 Å². The van der Waals surface area contributed by atoms with E-state index in [0.717, 1.165) is 32.1 Å². The van der Waals surface area contributed by atoms with E-state index in [1.54, 1.807) is 7.11 Å². The van der Waals surface area contributed by atoms with Gasteiger partial charge in [-0.05, 0) is 90.7 Å². The molecule has 0 amide bonds. The van der Waals surface area contributed by atoms with Gasteiger partial charge in [-0.25, -0.2) is 0 Å². The summed E-state index contributed by atoms with van der Waals surface area (Å²) in [5.74, 6) is 1.52. The van der Waals surface area contributed by atoms with Crippen molar-refractivity contribution in [2.75, 3.05) is 7.11 Å². The van der Waals surface area contributed by atoms with Crippen LogP contribution >= 0.6 is 22.6 Å². The van der Waals surface area contributed by atoms with Gasteiger partial charge >= 0.3 is 0 Å². The van der Waals surface area contributed by atoms with Gasteiger partial charge in [-0.3, -0.25) is 4.79 Å². The van der Waals surface area contributed by atoms with Crippen molar-refractivity contribution in [1.82, 2.24) is 0 Å². The number of hydrogen-bond acceptors (Lipinski definition) is 7. The van der Waals surface area contributed by atoms with Crippen LogP contribution in [0.15, 0.2) is 10.2 Å². The van der Waals surface area contributed by atoms with Crippen molar-refractivity contribution in [2.24, 2.45) is 23.7 Å². The third-order valence-electron chi connectivity index (χ3n) is 13.5. The van der Waals surface area contributed by atoms with Gasteiger partial charge in [0, 0.05) is 25.9 Å². The molecule has 298 valence electrons. The first-order chi connectivity index (χ1) is 23.5. The van der Waals surface area contributed by atoms with E-state index in [0.29, 0.717) is 24.7 Å². The Morgan fingerprint density at radius 3 is 1.98 bits per heavy atom. The predicted octanol–water partition coefficient (Wildman–Crippen LogP) is 10.9. The first-order valence-corrected chi connectivity index (χ1v) is 27.2. The Morgan fingerprint density at radius 1 is 0.863 bits per heavy atom. The van der Waals surface area contributed by atoms with Crippen molar-refractivity contribution in [3.8, 4) is 0 Å². The molecule has 3 rings (SSSR count). The van der Waals surface area contributed by atoms with E-state index in [9.17, 15) is 4.79 Å². The predicted molar refractivity (Wildman–Crippen MR) is 224 cm³/mol. The number of halogens is 1. The van der Waals surface area contributed by atoms with Gasteiger partial charge in [0.2, 0.25) is 0 Å². The molecular weight excluding hydrogens is 788 g/mol. The molecule has 3 aliphatic rings. The van der Waals surface area contributed by atoms with Gasteiger partial charge in [-0.2, -0.15) is 0 Å². The maximum Gasteiger partial charge on any atom is 0.192 e. The third kappa shape index (κ3) is 11.7. The Balaban J connectivity index is 1.90.